The Balaban J connectivity index is 1.67. The molecule has 0 spiro atoms. The van der Waals surface area contributed by atoms with Crippen molar-refractivity contribution >= 4 is 17.9 Å². The van der Waals surface area contributed by atoms with Crippen molar-refractivity contribution in [3.63, 3.8) is 0 Å². The lowest BCUT2D eigenvalue weighted by atomic mass is 9.82. The van der Waals surface area contributed by atoms with E-state index in [-0.39, 0.29) is 0 Å². The highest BCUT2D eigenvalue weighted by Gasteiger charge is 2.52. The summed E-state index contributed by atoms with van der Waals surface area (Å²) in [4.78, 5) is 39.5. The fourth-order valence-electron chi connectivity index (χ4n) is 5.06. The highest BCUT2D eigenvalue weighted by molar-refractivity contribution is 6.10. The molecule has 4 bridgehead atoms. The largest absolute Gasteiger partial charge is 0.504 e. The monoisotopic (exact) mass is 634 g/mol. The van der Waals surface area contributed by atoms with Gasteiger partial charge in [0.15, 0.2) is 58.6 Å². The molecule has 0 saturated heterocycles. The van der Waals surface area contributed by atoms with Crippen molar-refractivity contribution < 1.29 is 89.9 Å². The van der Waals surface area contributed by atoms with Crippen molar-refractivity contribution in [2.45, 2.75) is 30.5 Å². The summed E-state index contributed by atoms with van der Waals surface area (Å²) >= 11 is 0. The number of benzene rings is 3. The van der Waals surface area contributed by atoms with Gasteiger partial charge in [-0.15, -0.1) is 0 Å². The van der Waals surface area contributed by atoms with Crippen LogP contribution in [0.2, 0.25) is 0 Å². The van der Waals surface area contributed by atoms with Crippen LogP contribution in [0.25, 0.3) is 11.1 Å². The van der Waals surface area contributed by atoms with Crippen LogP contribution in [0.1, 0.15) is 42.7 Å². The molecule has 3 heterocycles. The lowest BCUT2D eigenvalue weighted by Crippen LogP contribution is -2.54. The lowest BCUT2D eigenvalue weighted by Gasteiger charge is -2.39. The van der Waals surface area contributed by atoms with Crippen molar-refractivity contribution in [2.75, 3.05) is 6.61 Å². The fraction of sp³-hybridized carbons (Fsp3) is 0.222. The summed E-state index contributed by atoms with van der Waals surface area (Å²) in [5, 5.41) is 124. The number of phenols is 9. The normalized spacial score (nSPS) is 20.0. The van der Waals surface area contributed by atoms with Crippen LogP contribution in [0.3, 0.4) is 0 Å². The average Bonchev–Trinajstić information content (AvgIpc) is 3.00. The van der Waals surface area contributed by atoms with Gasteiger partial charge in [-0.1, -0.05) is 0 Å². The number of esters is 3. The topological polar surface area (TPSA) is 322 Å². The molecule has 238 valence electrons. The maximum absolute atomic E-state index is 13.4. The van der Waals surface area contributed by atoms with Gasteiger partial charge in [-0.05, 0) is 18.2 Å². The van der Waals surface area contributed by atoms with Crippen molar-refractivity contribution in [2.24, 2.45) is 0 Å². The molecule has 3 aromatic rings. The Hall–Kier alpha value is -5.85. The van der Waals surface area contributed by atoms with E-state index in [1.807, 2.05) is 0 Å². The zero-order valence-corrected chi connectivity index (χ0v) is 22.1. The molecule has 0 amide bonds. The number of carbonyl (C=O) groups excluding carboxylic acids is 3. The molecule has 3 aliphatic heterocycles. The van der Waals surface area contributed by atoms with E-state index in [1.54, 1.807) is 0 Å². The summed E-state index contributed by atoms with van der Waals surface area (Å²) < 4.78 is 15.5. The second-order valence-electron chi connectivity index (χ2n) is 9.89. The van der Waals surface area contributed by atoms with Gasteiger partial charge in [0.2, 0.25) is 11.5 Å². The van der Waals surface area contributed by atoms with Gasteiger partial charge in [-0.3, -0.25) is 0 Å². The molecule has 0 aromatic heterocycles. The summed E-state index contributed by atoms with van der Waals surface area (Å²) in [6, 6.07) is 1.81. The van der Waals surface area contributed by atoms with Crippen molar-refractivity contribution in [1.82, 2.24) is 0 Å². The molecule has 45 heavy (non-hydrogen) atoms. The molecule has 0 aliphatic carbocycles. The Labute approximate surface area is 248 Å². The third kappa shape index (κ3) is 4.60. The first kappa shape index (κ1) is 30.6. The van der Waals surface area contributed by atoms with E-state index in [9.17, 15) is 75.7 Å². The van der Waals surface area contributed by atoms with Crippen molar-refractivity contribution in [3.05, 3.63) is 40.5 Å². The fourth-order valence-corrected chi connectivity index (χ4v) is 5.06. The van der Waals surface area contributed by atoms with E-state index in [0.717, 1.165) is 0 Å². The van der Waals surface area contributed by atoms with Crippen molar-refractivity contribution in [3.8, 4) is 62.9 Å². The molecule has 5 atom stereocenters. The van der Waals surface area contributed by atoms with Gasteiger partial charge in [-0.2, -0.15) is 0 Å². The quantitative estimate of drug-likeness (QED) is 0.0946. The lowest BCUT2D eigenvalue weighted by molar-refractivity contribution is -0.152. The zero-order chi connectivity index (χ0) is 33.2. The van der Waals surface area contributed by atoms with Gasteiger partial charge >= 0.3 is 17.9 Å². The summed E-state index contributed by atoms with van der Waals surface area (Å²) in [6.45, 7) is -1.25. The van der Waals surface area contributed by atoms with E-state index in [1.165, 1.54) is 0 Å². The summed E-state index contributed by atoms with van der Waals surface area (Å²) in [5.41, 5.74) is -5.22. The standard InChI is InChI=1S/C27H22O18/c28-4-10(43-25(40)5-1-7(29)15(32)8(30)2-5)17(34)23-24-21(38)14-13(27(42)45-24)12(19(36)22(39)20(14)37)11-6(26(41)44-23)3-9(31)16(33)18(11)35/h1-3,10,17,21,23-24,28-39H,4H2. The number of hydrogen-bond donors (Lipinski definition) is 12. The van der Waals surface area contributed by atoms with E-state index in [2.05, 4.69) is 0 Å². The maximum Gasteiger partial charge on any atom is 0.339 e. The number of phenolic OH excluding ortho intramolecular Hbond substituents is 9. The van der Waals surface area contributed by atoms with E-state index in [4.69, 9.17) is 14.2 Å². The number of fused-ring (bicyclic) bond motifs is 3. The Bertz CT molecular complexity index is 1760. The van der Waals surface area contributed by atoms with Crippen LogP contribution in [0, 0.1) is 0 Å². The van der Waals surface area contributed by atoms with Crippen LogP contribution < -0.4 is 0 Å². The molecule has 3 aromatic carbocycles. The number of hydrogen-bond acceptors (Lipinski definition) is 18. The molecule has 6 rings (SSSR count). The predicted octanol–water partition coefficient (Wildman–Crippen LogP) is -0.606. The number of ether oxygens (including phenoxy) is 3. The highest BCUT2D eigenvalue weighted by atomic mass is 16.6. The van der Waals surface area contributed by atoms with Crippen LogP contribution in [0.15, 0.2) is 18.2 Å². The van der Waals surface area contributed by atoms with Crippen LogP contribution >= 0.6 is 0 Å². The number of aliphatic hydroxyl groups is 3. The van der Waals surface area contributed by atoms with E-state index >= 15 is 0 Å². The van der Waals surface area contributed by atoms with Crippen molar-refractivity contribution in [1.29, 1.82) is 0 Å². The Kier molecular flexibility index (Phi) is 7.28. The third-order valence-electron chi connectivity index (χ3n) is 7.27. The smallest absolute Gasteiger partial charge is 0.339 e. The third-order valence-corrected chi connectivity index (χ3v) is 7.27. The summed E-state index contributed by atoms with van der Waals surface area (Å²) in [5.74, 6) is -15.2. The minimum atomic E-state index is -2.43. The molecular formula is C27H22O18. The first-order chi connectivity index (χ1) is 21.1. The van der Waals surface area contributed by atoms with Gasteiger partial charge in [-0.25, -0.2) is 14.4 Å². The summed E-state index contributed by atoms with van der Waals surface area (Å²) in [7, 11) is 0. The molecule has 0 saturated carbocycles. The molecule has 0 radical (unpaired) electrons. The Morgan fingerprint density at radius 2 is 1.31 bits per heavy atom. The second-order valence-corrected chi connectivity index (χ2v) is 9.89. The Morgan fingerprint density at radius 3 is 1.91 bits per heavy atom. The summed E-state index contributed by atoms with van der Waals surface area (Å²) in [6.07, 6.45) is -11.4. The van der Waals surface area contributed by atoms with Gasteiger partial charge in [0.1, 0.15) is 12.2 Å². The van der Waals surface area contributed by atoms with Crippen LogP contribution in [0.4, 0.5) is 0 Å². The van der Waals surface area contributed by atoms with Crippen LogP contribution in [-0.4, -0.2) is 110 Å². The number of aliphatic hydroxyl groups excluding tert-OH is 3. The molecule has 18 heteroatoms. The van der Waals surface area contributed by atoms with Crippen LogP contribution in [-0.2, 0) is 14.2 Å². The van der Waals surface area contributed by atoms with Gasteiger partial charge in [0, 0.05) is 16.7 Å². The molecule has 5 unspecified atom stereocenters. The molecule has 3 aliphatic rings. The highest BCUT2D eigenvalue weighted by Crippen LogP contribution is 2.57. The van der Waals surface area contributed by atoms with E-state index in [0.29, 0.717) is 18.2 Å². The number of aromatic hydroxyl groups is 9. The van der Waals surface area contributed by atoms with Crippen LogP contribution in [0.5, 0.6) is 51.7 Å². The Morgan fingerprint density at radius 1 is 0.733 bits per heavy atom. The number of carbonyl (C=O) groups is 3. The molecule has 0 fully saturated rings. The molecule has 12 N–H and O–H groups in total. The minimum absolute atomic E-state index is 0.510. The predicted molar refractivity (Wildman–Crippen MR) is 139 cm³/mol. The minimum Gasteiger partial charge on any atom is -0.504 e. The average molecular weight is 634 g/mol. The first-order valence-electron chi connectivity index (χ1n) is 12.5. The van der Waals surface area contributed by atoms with Gasteiger partial charge in [0.25, 0.3) is 0 Å². The second kappa shape index (κ2) is 10.7. The SMILES string of the molecule is O=C(OC(CO)C(O)C1OC(=O)c2cc(O)c(O)c(O)c2-c2c(O)c(O)c(O)c3c2C(=O)OC1C3O)c1cc(O)c(O)c(O)c1. The maximum atomic E-state index is 13.4. The molecule has 18 nitrogen and oxygen atoms in total. The zero-order valence-electron chi connectivity index (χ0n) is 22.1. The van der Waals surface area contributed by atoms with Gasteiger partial charge in [0.05, 0.1) is 23.3 Å². The van der Waals surface area contributed by atoms with E-state index < -0.39 is 140 Å². The van der Waals surface area contributed by atoms with Gasteiger partial charge < -0.3 is 75.5 Å². The first-order valence-corrected chi connectivity index (χ1v) is 12.5. The molecular weight excluding hydrogens is 612 g/mol. The number of rotatable bonds is 5.